The lowest BCUT2D eigenvalue weighted by atomic mass is 10.1. The molecule has 0 fully saturated rings. The van der Waals surface area contributed by atoms with Gasteiger partial charge in [-0.1, -0.05) is 0 Å². The van der Waals surface area contributed by atoms with Crippen molar-refractivity contribution < 1.29 is 5.11 Å². The largest absolute Gasteiger partial charge is 0.390 e. The van der Waals surface area contributed by atoms with E-state index in [0.717, 1.165) is 38.4 Å². The van der Waals surface area contributed by atoms with Crippen molar-refractivity contribution in [1.29, 1.82) is 0 Å². The Kier molecular flexibility index (Phi) is 2.80. The average Bonchev–Trinajstić information content (AvgIpc) is 2.60. The van der Waals surface area contributed by atoms with E-state index < -0.39 is 5.60 Å². The van der Waals surface area contributed by atoms with E-state index in [1.165, 1.54) is 0 Å². The zero-order chi connectivity index (χ0) is 10.9. The van der Waals surface area contributed by atoms with Crippen LogP contribution < -0.4 is 0 Å². The molecular formula is C11H19N3O. The van der Waals surface area contributed by atoms with Crippen LogP contribution in [0.5, 0.6) is 0 Å². The quantitative estimate of drug-likeness (QED) is 0.802. The van der Waals surface area contributed by atoms with Crippen molar-refractivity contribution in [2.24, 2.45) is 0 Å². The van der Waals surface area contributed by atoms with Crippen LogP contribution in [0, 0.1) is 0 Å². The number of hydrogen-bond donors (Lipinski definition) is 1. The highest BCUT2D eigenvalue weighted by Crippen LogP contribution is 2.13. The van der Waals surface area contributed by atoms with Gasteiger partial charge in [-0.2, -0.15) is 0 Å². The third-order valence-corrected chi connectivity index (χ3v) is 2.86. The molecular weight excluding hydrogens is 190 g/mol. The molecule has 0 amide bonds. The Labute approximate surface area is 90.5 Å². The Morgan fingerprint density at radius 1 is 1.47 bits per heavy atom. The summed E-state index contributed by atoms with van der Waals surface area (Å²) in [4.78, 5) is 6.66. The fourth-order valence-corrected chi connectivity index (χ4v) is 1.85. The Bertz CT molecular complexity index is 327. The molecule has 15 heavy (non-hydrogen) atoms. The van der Waals surface area contributed by atoms with Crippen molar-refractivity contribution in [3.05, 3.63) is 18.2 Å². The molecule has 0 spiro atoms. The van der Waals surface area contributed by atoms with E-state index in [9.17, 15) is 5.11 Å². The van der Waals surface area contributed by atoms with Gasteiger partial charge in [0.1, 0.15) is 5.82 Å². The summed E-state index contributed by atoms with van der Waals surface area (Å²) in [5.74, 6) is 1.14. The molecule has 0 unspecified atom stereocenters. The standard InChI is InChI=1S/C11H19N3O/c1-11(2,15)3-5-13-7-8-14-6-4-12-10(14)9-13/h4,6,15H,3,5,7-9H2,1-2H3. The molecule has 2 heterocycles. The molecule has 0 saturated heterocycles. The second-order valence-corrected chi connectivity index (χ2v) is 4.88. The first-order valence-electron chi connectivity index (χ1n) is 5.49. The van der Waals surface area contributed by atoms with Crippen LogP contribution in [0.4, 0.5) is 0 Å². The summed E-state index contributed by atoms with van der Waals surface area (Å²) in [6.07, 6.45) is 4.70. The van der Waals surface area contributed by atoms with Gasteiger partial charge < -0.3 is 9.67 Å². The molecule has 1 aromatic rings. The maximum Gasteiger partial charge on any atom is 0.122 e. The van der Waals surface area contributed by atoms with Crippen molar-refractivity contribution in [3.8, 4) is 0 Å². The minimum atomic E-state index is -0.563. The number of rotatable bonds is 3. The number of fused-ring (bicyclic) bond motifs is 1. The fraction of sp³-hybridized carbons (Fsp3) is 0.727. The Hall–Kier alpha value is -0.870. The van der Waals surface area contributed by atoms with Crippen LogP contribution in [0.15, 0.2) is 12.4 Å². The number of imidazole rings is 1. The van der Waals surface area contributed by atoms with E-state index in [-0.39, 0.29) is 0 Å². The van der Waals surface area contributed by atoms with Crippen molar-refractivity contribution in [1.82, 2.24) is 14.5 Å². The van der Waals surface area contributed by atoms with Gasteiger partial charge in [0.15, 0.2) is 0 Å². The normalized spacial score (nSPS) is 17.8. The second-order valence-electron chi connectivity index (χ2n) is 4.88. The van der Waals surface area contributed by atoms with Crippen molar-refractivity contribution >= 4 is 0 Å². The minimum absolute atomic E-state index is 0.563. The Morgan fingerprint density at radius 2 is 2.27 bits per heavy atom. The van der Waals surface area contributed by atoms with Crippen molar-refractivity contribution in [3.63, 3.8) is 0 Å². The summed E-state index contributed by atoms with van der Waals surface area (Å²) in [5.41, 5.74) is -0.563. The van der Waals surface area contributed by atoms with Crippen LogP contribution in [-0.4, -0.2) is 38.2 Å². The van der Waals surface area contributed by atoms with E-state index in [2.05, 4.69) is 14.5 Å². The lowest BCUT2D eigenvalue weighted by molar-refractivity contribution is 0.0534. The topological polar surface area (TPSA) is 41.3 Å². The van der Waals surface area contributed by atoms with Crippen LogP contribution in [0.25, 0.3) is 0 Å². The highest BCUT2D eigenvalue weighted by atomic mass is 16.3. The van der Waals surface area contributed by atoms with Gasteiger partial charge in [0.05, 0.1) is 12.1 Å². The zero-order valence-electron chi connectivity index (χ0n) is 9.48. The lowest BCUT2D eigenvalue weighted by Crippen LogP contribution is -2.37. The minimum Gasteiger partial charge on any atom is -0.390 e. The van der Waals surface area contributed by atoms with Crippen LogP contribution >= 0.6 is 0 Å². The maximum atomic E-state index is 9.66. The zero-order valence-corrected chi connectivity index (χ0v) is 9.48. The molecule has 0 radical (unpaired) electrons. The van der Waals surface area contributed by atoms with E-state index >= 15 is 0 Å². The van der Waals surface area contributed by atoms with Crippen molar-refractivity contribution in [2.75, 3.05) is 13.1 Å². The molecule has 0 saturated carbocycles. The van der Waals surface area contributed by atoms with Gasteiger partial charge in [0, 0.05) is 32.0 Å². The number of aromatic nitrogens is 2. The summed E-state index contributed by atoms with van der Waals surface area (Å²) in [5, 5.41) is 9.66. The second kappa shape index (κ2) is 3.94. The number of aliphatic hydroxyl groups is 1. The SMILES string of the molecule is CC(C)(O)CCN1CCn2ccnc2C1. The van der Waals surface area contributed by atoms with Crippen LogP contribution in [-0.2, 0) is 13.1 Å². The molecule has 4 heteroatoms. The predicted octanol–water partition coefficient (Wildman–Crippen LogP) is 0.860. The highest BCUT2D eigenvalue weighted by Gasteiger charge is 2.19. The number of nitrogens with zero attached hydrogens (tertiary/aromatic N) is 3. The highest BCUT2D eigenvalue weighted by molar-refractivity contribution is 4.95. The predicted molar refractivity (Wildman–Crippen MR) is 58.4 cm³/mol. The van der Waals surface area contributed by atoms with E-state index in [4.69, 9.17) is 0 Å². The van der Waals surface area contributed by atoms with Gasteiger partial charge >= 0.3 is 0 Å². The van der Waals surface area contributed by atoms with Crippen LogP contribution in [0.3, 0.4) is 0 Å². The van der Waals surface area contributed by atoms with Gasteiger partial charge in [-0.15, -0.1) is 0 Å². The third-order valence-electron chi connectivity index (χ3n) is 2.86. The van der Waals surface area contributed by atoms with E-state index in [0.29, 0.717) is 0 Å². The summed E-state index contributed by atoms with van der Waals surface area (Å²) in [6.45, 7) is 7.63. The van der Waals surface area contributed by atoms with E-state index in [1.54, 1.807) is 0 Å². The summed E-state index contributed by atoms with van der Waals surface area (Å²) in [7, 11) is 0. The lowest BCUT2D eigenvalue weighted by Gasteiger charge is -2.29. The van der Waals surface area contributed by atoms with Gasteiger partial charge in [0.25, 0.3) is 0 Å². The Morgan fingerprint density at radius 3 is 3.00 bits per heavy atom. The van der Waals surface area contributed by atoms with Crippen LogP contribution in [0.1, 0.15) is 26.1 Å². The molecule has 0 aliphatic carbocycles. The average molecular weight is 209 g/mol. The first-order valence-corrected chi connectivity index (χ1v) is 5.49. The molecule has 1 aliphatic heterocycles. The van der Waals surface area contributed by atoms with Crippen molar-refractivity contribution in [2.45, 2.75) is 39.0 Å². The van der Waals surface area contributed by atoms with Gasteiger partial charge in [-0.05, 0) is 20.3 Å². The first-order chi connectivity index (χ1) is 7.04. The molecule has 84 valence electrons. The first kappa shape index (κ1) is 10.6. The smallest absolute Gasteiger partial charge is 0.122 e. The Balaban J connectivity index is 1.88. The molecule has 0 atom stereocenters. The molecule has 2 rings (SSSR count). The van der Waals surface area contributed by atoms with E-state index in [1.807, 2.05) is 26.2 Å². The summed E-state index contributed by atoms with van der Waals surface area (Å²) < 4.78 is 2.20. The maximum absolute atomic E-state index is 9.66. The third kappa shape index (κ3) is 2.79. The molecule has 0 aromatic carbocycles. The summed E-state index contributed by atoms with van der Waals surface area (Å²) in [6, 6.07) is 0. The van der Waals surface area contributed by atoms with Gasteiger partial charge in [-0.3, -0.25) is 4.90 Å². The molecule has 1 N–H and O–H groups in total. The molecule has 0 bridgehead atoms. The molecule has 1 aliphatic rings. The van der Waals surface area contributed by atoms with Gasteiger partial charge in [0.2, 0.25) is 0 Å². The number of hydrogen-bond acceptors (Lipinski definition) is 3. The molecule has 4 nitrogen and oxygen atoms in total. The fourth-order valence-electron chi connectivity index (χ4n) is 1.85. The van der Waals surface area contributed by atoms with Gasteiger partial charge in [-0.25, -0.2) is 4.98 Å². The van der Waals surface area contributed by atoms with Crippen LogP contribution in [0.2, 0.25) is 0 Å². The monoisotopic (exact) mass is 209 g/mol. The summed E-state index contributed by atoms with van der Waals surface area (Å²) >= 11 is 0. The molecule has 1 aromatic heterocycles.